The van der Waals surface area contributed by atoms with E-state index in [9.17, 15) is 9.18 Å². The average Bonchev–Trinajstić information content (AvgIpc) is 2.85. The van der Waals surface area contributed by atoms with Gasteiger partial charge in [0, 0.05) is 43.1 Å². The molecule has 33 heavy (non-hydrogen) atoms. The van der Waals surface area contributed by atoms with Gasteiger partial charge in [-0.05, 0) is 54.7 Å². The number of ether oxygens (including phenoxy) is 2. The fourth-order valence-corrected chi connectivity index (χ4v) is 4.80. The number of nitrogens with zero attached hydrogens (tertiary/aromatic N) is 2. The lowest BCUT2D eigenvalue weighted by Gasteiger charge is -2.39. The van der Waals surface area contributed by atoms with Gasteiger partial charge in [-0.3, -0.25) is 4.79 Å². The molecule has 2 saturated heterocycles. The molecule has 0 bridgehead atoms. The van der Waals surface area contributed by atoms with Crippen LogP contribution in [0.25, 0.3) is 0 Å². The summed E-state index contributed by atoms with van der Waals surface area (Å²) in [7, 11) is 0. The van der Waals surface area contributed by atoms with Crippen molar-refractivity contribution in [1.29, 1.82) is 0 Å². The first-order valence-corrected chi connectivity index (χ1v) is 12.6. The minimum atomic E-state index is -0.259. The first kappa shape index (κ1) is 24.3. The molecule has 4 rings (SSSR count). The van der Waals surface area contributed by atoms with Crippen LogP contribution < -0.4 is 0 Å². The van der Waals surface area contributed by atoms with E-state index in [0.29, 0.717) is 13.0 Å². The number of hydrogen-bond donors (Lipinski definition) is 0. The molecule has 1 amide bonds. The highest BCUT2D eigenvalue weighted by Crippen LogP contribution is 2.22. The summed E-state index contributed by atoms with van der Waals surface area (Å²) in [4.78, 5) is 17.8. The molecule has 2 fully saturated rings. The maximum Gasteiger partial charge on any atom is 0.227 e. The number of carbonyl (C=O) groups excluding carboxylic acids is 1. The molecule has 0 spiro atoms. The zero-order valence-electron chi connectivity index (χ0n) is 18.9. The van der Waals surface area contributed by atoms with Gasteiger partial charge in [0.05, 0.1) is 19.6 Å². The molecule has 0 N–H and O–H groups in total. The SMILES string of the molecule is O=C(Cc1ccc(Br)cc1)N(Cc1ccc(F)cc1)C1CCN(CCC2OCCCO2)CC1. The second kappa shape index (κ2) is 12.1. The van der Waals surface area contributed by atoms with E-state index in [0.717, 1.165) is 74.1 Å². The van der Waals surface area contributed by atoms with Crippen LogP contribution in [0, 0.1) is 5.82 Å². The molecule has 2 aromatic rings. The molecule has 0 radical (unpaired) electrons. The van der Waals surface area contributed by atoms with Crippen LogP contribution in [0.5, 0.6) is 0 Å². The lowest BCUT2D eigenvalue weighted by molar-refractivity contribution is -0.182. The van der Waals surface area contributed by atoms with Crippen LogP contribution in [-0.2, 0) is 27.2 Å². The first-order valence-electron chi connectivity index (χ1n) is 11.8. The number of piperidine rings is 1. The van der Waals surface area contributed by atoms with E-state index in [1.807, 2.05) is 29.2 Å². The van der Waals surface area contributed by atoms with E-state index in [1.54, 1.807) is 12.1 Å². The third kappa shape index (κ3) is 7.34. The minimum Gasteiger partial charge on any atom is -0.353 e. The van der Waals surface area contributed by atoms with Crippen LogP contribution >= 0.6 is 15.9 Å². The molecule has 2 aromatic carbocycles. The topological polar surface area (TPSA) is 42.0 Å². The van der Waals surface area contributed by atoms with Crippen LogP contribution in [-0.4, -0.2) is 60.9 Å². The zero-order chi connectivity index (χ0) is 23.0. The molecular formula is C26H32BrFN2O3. The highest BCUT2D eigenvalue weighted by atomic mass is 79.9. The van der Waals surface area contributed by atoms with Crippen molar-refractivity contribution in [3.8, 4) is 0 Å². The van der Waals surface area contributed by atoms with Gasteiger partial charge in [0.1, 0.15) is 5.82 Å². The van der Waals surface area contributed by atoms with Crippen molar-refractivity contribution in [2.24, 2.45) is 0 Å². The first-order chi connectivity index (χ1) is 16.1. The van der Waals surface area contributed by atoms with E-state index in [-0.39, 0.29) is 24.1 Å². The maximum atomic E-state index is 13.4. The van der Waals surface area contributed by atoms with Gasteiger partial charge in [-0.1, -0.05) is 40.2 Å². The molecule has 2 aliphatic heterocycles. The zero-order valence-corrected chi connectivity index (χ0v) is 20.5. The average molecular weight is 519 g/mol. The third-order valence-electron chi connectivity index (χ3n) is 6.43. The van der Waals surface area contributed by atoms with E-state index < -0.39 is 0 Å². The molecule has 0 saturated carbocycles. The van der Waals surface area contributed by atoms with Gasteiger partial charge in [-0.2, -0.15) is 0 Å². The van der Waals surface area contributed by atoms with Gasteiger partial charge in [-0.15, -0.1) is 0 Å². The summed E-state index contributed by atoms with van der Waals surface area (Å²) in [5.74, 6) is -0.144. The summed E-state index contributed by atoms with van der Waals surface area (Å²) < 4.78 is 25.7. The predicted molar refractivity (Wildman–Crippen MR) is 129 cm³/mol. The van der Waals surface area contributed by atoms with Crippen LogP contribution in [0.2, 0.25) is 0 Å². The van der Waals surface area contributed by atoms with Crippen LogP contribution in [0.1, 0.15) is 36.8 Å². The monoisotopic (exact) mass is 518 g/mol. The molecule has 0 aliphatic carbocycles. The van der Waals surface area contributed by atoms with Gasteiger partial charge in [0.25, 0.3) is 0 Å². The number of rotatable bonds is 8. The molecule has 0 atom stereocenters. The Morgan fingerprint density at radius 3 is 2.30 bits per heavy atom. The minimum absolute atomic E-state index is 0.0843. The second-order valence-corrected chi connectivity index (χ2v) is 9.75. The molecule has 178 valence electrons. The van der Waals surface area contributed by atoms with E-state index >= 15 is 0 Å². The highest BCUT2D eigenvalue weighted by Gasteiger charge is 2.28. The Labute approximate surface area is 204 Å². The van der Waals surface area contributed by atoms with Crippen molar-refractivity contribution in [2.45, 2.75) is 51.0 Å². The normalized spacial score (nSPS) is 18.4. The van der Waals surface area contributed by atoms with Crippen molar-refractivity contribution in [3.05, 3.63) is 69.9 Å². The molecule has 2 aliphatic rings. The largest absolute Gasteiger partial charge is 0.353 e. The predicted octanol–water partition coefficient (Wildman–Crippen LogP) is 4.78. The highest BCUT2D eigenvalue weighted by molar-refractivity contribution is 9.10. The Balaban J connectivity index is 1.36. The van der Waals surface area contributed by atoms with Gasteiger partial charge in [0.2, 0.25) is 5.91 Å². The Kier molecular flexibility index (Phi) is 8.89. The Bertz CT molecular complexity index is 879. The van der Waals surface area contributed by atoms with Gasteiger partial charge in [-0.25, -0.2) is 4.39 Å². The van der Waals surface area contributed by atoms with Crippen molar-refractivity contribution >= 4 is 21.8 Å². The van der Waals surface area contributed by atoms with Crippen LogP contribution in [0.4, 0.5) is 4.39 Å². The molecule has 2 heterocycles. The molecule has 0 unspecified atom stereocenters. The maximum absolute atomic E-state index is 13.4. The summed E-state index contributed by atoms with van der Waals surface area (Å²) in [6.07, 6.45) is 4.00. The van der Waals surface area contributed by atoms with Crippen LogP contribution in [0.15, 0.2) is 53.0 Å². The fraction of sp³-hybridized carbons (Fsp3) is 0.500. The number of amides is 1. The van der Waals surface area contributed by atoms with E-state index in [1.165, 1.54) is 12.1 Å². The van der Waals surface area contributed by atoms with Gasteiger partial charge >= 0.3 is 0 Å². The Morgan fingerprint density at radius 2 is 1.64 bits per heavy atom. The molecule has 7 heteroatoms. The lowest BCUT2D eigenvalue weighted by Crippen LogP contribution is -2.48. The lowest BCUT2D eigenvalue weighted by atomic mass is 10.0. The number of halogens is 2. The van der Waals surface area contributed by atoms with E-state index in [2.05, 4.69) is 20.8 Å². The molecular weight excluding hydrogens is 487 g/mol. The van der Waals surface area contributed by atoms with Crippen molar-refractivity contribution < 1.29 is 18.7 Å². The number of likely N-dealkylation sites (tertiary alicyclic amines) is 1. The second-order valence-electron chi connectivity index (χ2n) is 8.84. The van der Waals surface area contributed by atoms with Crippen molar-refractivity contribution in [1.82, 2.24) is 9.80 Å². The molecule has 5 nitrogen and oxygen atoms in total. The summed E-state index contributed by atoms with van der Waals surface area (Å²) in [5.41, 5.74) is 1.95. The van der Waals surface area contributed by atoms with E-state index in [4.69, 9.17) is 9.47 Å². The van der Waals surface area contributed by atoms with Crippen molar-refractivity contribution in [3.63, 3.8) is 0 Å². The summed E-state index contributed by atoms with van der Waals surface area (Å²) in [6.45, 7) is 4.91. The Morgan fingerprint density at radius 1 is 1.00 bits per heavy atom. The van der Waals surface area contributed by atoms with Crippen molar-refractivity contribution in [2.75, 3.05) is 32.8 Å². The van der Waals surface area contributed by atoms with Crippen LogP contribution in [0.3, 0.4) is 0 Å². The number of benzene rings is 2. The summed E-state index contributed by atoms with van der Waals surface area (Å²) in [5, 5.41) is 0. The summed E-state index contributed by atoms with van der Waals surface area (Å²) >= 11 is 3.45. The quantitative estimate of drug-likeness (QED) is 0.504. The van der Waals surface area contributed by atoms with Gasteiger partial charge < -0.3 is 19.3 Å². The van der Waals surface area contributed by atoms with Gasteiger partial charge in [0.15, 0.2) is 6.29 Å². The summed E-state index contributed by atoms with van der Waals surface area (Å²) in [6, 6.07) is 14.5. The standard InChI is InChI=1S/C26H32BrFN2O3/c27-22-6-2-20(3-7-22)18-25(31)30(19-21-4-8-23(28)9-5-21)24-10-13-29(14-11-24)15-12-26-32-16-1-17-33-26/h2-9,24,26H,1,10-19H2. The third-order valence-corrected chi connectivity index (χ3v) is 6.96. The molecule has 0 aromatic heterocycles. The smallest absolute Gasteiger partial charge is 0.227 e. The number of carbonyl (C=O) groups is 1. The fourth-order valence-electron chi connectivity index (χ4n) is 4.53. The Hall–Kier alpha value is -1.80. The number of hydrogen-bond acceptors (Lipinski definition) is 4.